The standard InChI is InChI=1S/C29H28Cl2N2O6/c1-6-39-19-13-11-18(12-14-19)33-24(16-7-9-17(10-8-16)32(2)3)22(26(35)29(33)36)25(34)20-15-21(30)28(38-5)23(31)27(20)37-4/h7-15,24,34H,6H2,1-5H3/b25-22+. The van der Waals surface area contributed by atoms with E-state index in [1.807, 2.05) is 50.2 Å². The summed E-state index contributed by atoms with van der Waals surface area (Å²) in [5.74, 6) is -1.33. The van der Waals surface area contributed by atoms with Crippen LogP contribution in [0, 0.1) is 0 Å². The number of nitrogens with zero attached hydrogens (tertiary/aromatic N) is 2. The third-order valence-corrected chi connectivity index (χ3v) is 7.01. The molecule has 39 heavy (non-hydrogen) atoms. The van der Waals surface area contributed by atoms with Gasteiger partial charge < -0.3 is 24.2 Å². The number of halogens is 2. The molecular formula is C29H28Cl2N2O6. The highest BCUT2D eigenvalue weighted by atomic mass is 35.5. The van der Waals surface area contributed by atoms with E-state index < -0.39 is 23.5 Å². The zero-order valence-electron chi connectivity index (χ0n) is 22.1. The number of carbonyl (C=O) groups excluding carboxylic acids is 2. The Hall–Kier alpha value is -3.88. The van der Waals surface area contributed by atoms with Gasteiger partial charge in [0.05, 0.1) is 43.0 Å². The second-order valence-corrected chi connectivity index (χ2v) is 9.65. The lowest BCUT2D eigenvalue weighted by atomic mass is 9.94. The molecule has 10 heteroatoms. The first-order valence-electron chi connectivity index (χ1n) is 12.1. The van der Waals surface area contributed by atoms with Crippen molar-refractivity contribution in [3.63, 3.8) is 0 Å². The van der Waals surface area contributed by atoms with Gasteiger partial charge in [-0.1, -0.05) is 35.3 Å². The van der Waals surface area contributed by atoms with E-state index in [1.165, 1.54) is 25.2 Å². The second-order valence-electron chi connectivity index (χ2n) is 8.87. The maximum absolute atomic E-state index is 13.6. The van der Waals surface area contributed by atoms with E-state index in [2.05, 4.69) is 0 Å². The number of aliphatic hydroxyl groups excluding tert-OH is 1. The Morgan fingerprint density at radius 2 is 1.59 bits per heavy atom. The molecule has 1 aliphatic rings. The number of hydrogen-bond acceptors (Lipinski definition) is 7. The second kappa shape index (κ2) is 11.5. The van der Waals surface area contributed by atoms with Crippen molar-refractivity contribution < 1.29 is 28.9 Å². The van der Waals surface area contributed by atoms with E-state index in [-0.39, 0.29) is 32.7 Å². The molecule has 1 heterocycles. The van der Waals surface area contributed by atoms with Crippen molar-refractivity contribution >= 4 is 52.0 Å². The summed E-state index contributed by atoms with van der Waals surface area (Å²) in [6.07, 6.45) is 0. The SMILES string of the molecule is CCOc1ccc(N2C(=O)C(=O)/C(=C(/O)c3cc(Cl)c(OC)c(Cl)c3OC)C2c2ccc(N(C)C)cc2)cc1. The first-order valence-corrected chi connectivity index (χ1v) is 12.8. The fourth-order valence-electron chi connectivity index (χ4n) is 4.53. The number of ether oxygens (including phenoxy) is 3. The number of hydrogen-bond donors (Lipinski definition) is 1. The highest BCUT2D eigenvalue weighted by Crippen LogP contribution is 2.48. The molecule has 4 rings (SSSR count). The summed E-state index contributed by atoms with van der Waals surface area (Å²) in [6.45, 7) is 2.35. The Morgan fingerprint density at radius 3 is 2.13 bits per heavy atom. The number of carbonyl (C=O) groups is 2. The van der Waals surface area contributed by atoms with Gasteiger partial charge in [-0.05, 0) is 55.0 Å². The third kappa shape index (κ3) is 5.10. The molecule has 1 unspecified atom stereocenters. The van der Waals surface area contributed by atoms with Gasteiger partial charge in [-0.2, -0.15) is 0 Å². The number of benzene rings is 3. The predicted molar refractivity (Wildman–Crippen MR) is 153 cm³/mol. The van der Waals surface area contributed by atoms with Crippen LogP contribution in [0.5, 0.6) is 17.2 Å². The molecule has 1 N–H and O–H groups in total. The Morgan fingerprint density at radius 1 is 0.974 bits per heavy atom. The van der Waals surface area contributed by atoms with E-state index in [0.29, 0.717) is 23.6 Å². The number of ketones is 1. The normalized spacial score (nSPS) is 16.4. The summed E-state index contributed by atoms with van der Waals surface area (Å²) in [4.78, 5) is 30.3. The summed E-state index contributed by atoms with van der Waals surface area (Å²) in [7, 11) is 6.57. The summed E-state index contributed by atoms with van der Waals surface area (Å²) in [6, 6.07) is 14.6. The minimum absolute atomic E-state index is 0.0154. The van der Waals surface area contributed by atoms with E-state index in [0.717, 1.165) is 5.69 Å². The molecule has 8 nitrogen and oxygen atoms in total. The summed E-state index contributed by atoms with van der Waals surface area (Å²) in [5, 5.41) is 11.7. The fourth-order valence-corrected chi connectivity index (χ4v) is 5.22. The largest absolute Gasteiger partial charge is 0.507 e. The van der Waals surface area contributed by atoms with Crippen LogP contribution in [0.25, 0.3) is 5.76 Å². The van der Waals surface area contributed by atoms with Gasteiger partial charge in [0.15, 0.2) is 11.5 Å². The van der Waals surface area contributed by atoms with Crippen LogP contribution >= 0.6 is 23.2 Å². The monoisotopic (exact) mass is 570 g/mol. The zero-order chi connectivity index (χ0) is 28.4. The maximum atomic E-state index is 13.6. The number of aliphatic hydroxyl groups is 1. The quantitative estimate of drug-likeness (QED) is 0.199. The molecule has 0 radical (unpaired) electrons. The van der Waals surface area contributed by atoms with Crippen molar-refractivity contribution in [1.82, 2.24) is 0 Å². The van der Waals surface area contributed by atoms with Gasteiger partial charge in [0.25, 0.3) is 11.7 Å². The molecule has 3 aromatic carbocycles. The van der Waals surface area contributed by atoms with Crippen LogP contribution in [0.1, 0.15) is 24.1 Å². The molecule has 0 aliphatic carbocycles. The van der Waals surface area contributed by atoms with Crippen LogP contribution in [0.15, 0.2) is 60.2 Å². The summed E-state index contributed by atoms with van der Waals surface area (Å²) < 4.78 is 16.2. The minimum atomic E-state index is -0.955. The number of methoxy groups -OCH3 is 2. The lowest BCUT2D eigenvalue weighted by molar-refractivity contribution is -0.132. The van der Waals surface area contributed by atoms with Gasteiger partial charge in [-0.3, -0.25) is 14.5 Å². The molecule has 1 amide bonds. The van der Waals surface area contributed by atoms with Crippen LogP contribution in [0.3, 0.4) is 0 Å². The van der Waals surface area contributed by atoms with Gasteiger partial charge in [-0.15, -0.1) is 0 Å². The van der Waals surface area contributed by atoms with Gasteiger partial charge in [-0.25, -0.2) is 0 Å². The predicted octanol–water partition coefficient (Wildman–Crippen LogP) is 6.10. The van der Waals surface area contributed by atoms with E-state index >= 15 is 0 Å². The topological polar surface area (TPSA) is 88.5 Å². The lowest BCUT2D eigenvalue weighted by Gasteiger charge is -2.26. The van der Waals surface area contributed by atoms with Gasteiger partial charge in [0.2, 0.25) is 0 Å². The Balaban J connectivity index is 1.97. The van der Waals surface area contributed by atoms with Gasteiger partial charge >= 0.3 is 0 Å². The summed E-state index contributed by atoms with van der Waals surface area (Å²) >= 11 is 12.8. The zero-order valence-corrected chi connectivity index (χ0v) is 23.6. The maximum Gasteiger partial charge on any atom is 0.300 e. The molecule has 1 fully saturated rings. The molecule has 1 aliphatic heterocycles. The molecular weight excluding hydrogens is 543 g/mol. The number of Topliss-reactive ketones (excluding diaryl/α,β-unsaturated/α-hetero) is 1. The molecule has 0 saturated carbocycles. The molecule has 1 atom stereocenters. The summed E-state index contributed by atoms with van der Waals surface area (Å²) in [5.41, 5.74) is 1.90. The van der Waals surface area contributed by atoms with Crippen molar-refractivity contribution in [1.29, 1.82) is 0 Å². The number of amides is 1. The van der Waals surface area contributed by atoms with E-state index in [1.54, 1.807) is 24.3 Å². The Bertz CT molecular complexity index is 1440. The number of anilines is 2. The first kappa shape index (κ1) is 28.1. The number of rotatable bonds is 8. The fraction of sp³-hybridized carbons (Fsp3) is 0.241. The van der Waals surface area contributed by atoms with Crippen molar-refractivity contribution in [2.75, 3.05) is 44.7 Å². The van der Waals surface area contributed by atoms with Crippen molar-refractivity contribution in [3.8, 4) is 17.2 Å². The van der Waals surface area contributed by atoms with Crippen LogP contribution in [0.2, 0.25) is 10.0 Å². The Kier molecular flexibility index (Phi) is 8.28. The van der Waals surface area contributed by atoms with Gasteiger partial charge in [0, 0.05) is 25.5 Å². The van der Waals surface area contributed by atoms with Crippen molar-refractivity contribution in [3.05, 3.63) is 81.3 Å². The van der Waals surface area contributed by atoms with Crippen LogP contribution in [-0.4, -0.2) is 51.7 Å². The van der Waals surface area contributed by atoms with Crippen molar-refractivity contribution in [2.45, 2.75) is 13.0 Å². The molecule has 204 valence electrons. The molecule has 0 aromatic heterocycles. The smallest absolute Gasteiger partial charge is 0.300 e. The first-order chi connectivity index (χ1) is 18.6. The molecule has 0 bridgehead atoms. The lowest BCUT2D eigenvalue weighted by Crippen LogP contribution is -2.29. The van der Waals surface area contributed by atoms with Gasteiger partial charge in [0.1, 0.15) is 16.5 Å². The minimum Gasteiger partial charge on any atom is -0.507 e. The Labute approximate surface area is 236 Å². The average Bonchev–Trinajstić information content (AvgIpc) is 3.19. The highest BCUT2D eigenvalue weighted by molar-refractivity contribution is 6.52. The third-order valence-electron chi connectivity index (χ3n) is 6.39. The van der Waals surface area contributed by atoms with Crippen molar-refractivity contribution in [2.24, 2.45) is 0 Å². The average molecular weight is 571 g/mol. The molecule has 3 aromatic rings. The highest BCUT2D eigenvalue weighted by Gasteiger charge is 2.47. The van der Waals surface area contributed by atoms with Crippen LogP contribution in [-0.2, 0) is 9.59 Å². The molecule has 1 saturated heterocycles. The van der Waals surface area contributed by atoms with Crippen LogP contribution < -0.4 is 24.0 Å². The molecule has 0 spiro atoms. The van der Waals surface area contributed by atoms with Crippen LogP contribution in [0.4, 0.5) is 11.4 Å². The van der Waals surface area contributed by atoms with E-state index in [4.69, 9.17) is 37.4 Å². The van der Waals surface area contributed by atoms with E-state index in [9.17, 15) is 14.7 Å².